The zero-order valence-corrected chi connectivity index (χ0v) is 17.9. The fourth-order valence-electron chi connectivity index (χ4n) is 4.63. The van der Waals surface area contributed by atoms with Crippen LogP contribution >= 0.6 is 0 Å². The van der Waals surface area contributed by atoms with E-state index >= 15 is 0 Å². The van der Waals surface area contributed by atoms with E-state index in [-0.39, 0.29) is 0 Å². The molecule has 0 atom stereocenters. The highest BCUT2D eigenvalue weighted by Gasteiger charge is 2.22. The highest BCUT2D eigenvalue weighted by Crippen LogP contribution is 2.39. The predicted molar refractivity (Wildman–Crippen MR) is 132 cm³/mol. The van der Waals surface area contributed by atoms with Gasteiger partial charge in [0, 0.05) is 16.5 Å². The molecular formula is C28H18N4O. The van der Waals surface area contributed by atoms with Gasteiger partial charge in [0.05, 0.1) is 16.6 Å². The topological polar surface area (TPSA) is 56.7 Å². The van der Waals surface area contributed by atoms with Crippen LogP contribution in [0.3, 0.4) is 0 Å². The van der Waals surface area contributed by atoms with Crippen LogP contribution in [0.25, 0.3) is 61.3 Å². The van der Waals surface area contributed by atoms with Crippen molar-refractivity contribution in [3.63, 3.8) is 0 Å². The molecule has 0 bridgehead atoms. The lowest BCUT2D eigenvalue weighted by Gasteiger charge is -2.10. The van der Waals surface area contributed by atoms with Crippen molar-refractivity contribution >= 4 is 44.3 Å². The summed E-state index contributed by atoms with van der Waals surface area (Å²) in [5.41, 5.74) is 7.75. The Hall–Kier alpha value is -4.51. The maximum Gasteiger partial charge on any atom is 0.199 e. The van der Waals surface area contributed by atoms with E-state index in [4.69, 9.17) is 19.4 Å². The molecule has 0 spiro atoms. The highest BCUT2D eigenvalue weighted by molar-refractivity contribution is 6.11. The van der Waals surface area contributed by atoms with Crippen LogP contribution in [0.2, 0.25) is 0 Å². The SMILES string of the molecule is Cc1ccc(-c2nc3nc4ccccc4nc3n2-c2ccccc2)c2oc3ccccc3c12. The zero-order valence-electron chi connectivity index (χ0n) is 17.9. The molecule has 156 valence electrons. The Morgan fingerprint density at radius 1 is 0.697 bits per heavy atom. The molecule has 7 rings (SSSR count). The number of para-hydroxylation sites is 4. The summed E-state index contributed by atoms with van der Waals surface area (Å²) in [4.78, 5) is 14.8. The van der Waals surface area contributed by atoms with E-state index in [1.165, 1.54) is 5.56 Å². The van der Waals surface area contributed by atoms with Gasteiger partial charge in [-0.15, -0.1) is 0 Å². The number of hydrogen-bond donors (Lipinski definition) is 0. The first-order valence-corrected chi connectivity index (χ1v) is 10.9. The lowest BCUT2D eigenvalue weighted by molar-refractivity contribution is 0.669. The first-order valence-electron chi connectivity index (χ1n) is 10.9. The Balaban J connectivity index is 1.64. The van der Waals surface area contributed by atoms with E-state index in [1.54, 1.807) is 0 Å². The van der Waals surface area contributed by atoms with E-state index in [1.807, 2.05) is 60.7 Å². The van der Waals surface area contributed by atoms with Crippen molar-refractivity contribution in [3.05, 3.63) is 96.6 Å². The van der Waals surface area contributed by atoms with Crippen LogP contribution in [0.1, 0.15) is 5.56 Å². The molecule has 4 aromatic carbocycles. The maximum atomic E-state index is 6.39. The molecular weight excluding hydrogens is 408 g/mol. The van der Waals surface area contributed by atoms with Crippen molar-refractivity contribution in [2.75, 3.05) is 0 Å². The Bertz CT molecular complexity index is 1830. The summed E-state index contributed by atoms with van der Waals surface area (Å²) in [6, 6.07) is 30.4. The minimum absolute atomic E-state index is 0.609. The molecule has 0 fully saturated rings. The highest BCUT2D eigenvalue weighted by atomic mass is 16.3. The second-order valence-corrected chi connectivity index (χ2v) is 8.20. The Kier molecular flexibility index (Phi) is 3.70. The zero-order chi connectivity index (χ0) is 21.9. The fourth-order valence-corrected chi connectivity index (χ4v) is 4.63. The molecule has 33 heavy (non-hydrogen) atoms. The van der Waals surface area contributed by atoms with Gasteiger partial charge in [0.15, 0.2) is 17.1 Å². The predicted octanol–water partition coefficient (Wildman–Crippen LogP) is 6.84. The van der Waals surface area contributed by atoms with Gasteiger partial charge < -0.3 is 4.42 Å². The number of hydrogen-bond acceptors (Lipinski definition) is 4. The molecule has 0 saturated heterocycles. The number of nitrogens with zero attached hydrogens (tertiary/aromatic N) is 4. The molecule has 0 radical (unpaired) electrons. The van der Waals surface area contributed by atoms with Crippen molar-refractivity contribution in [2.24, 2.45) is 0 Å². The Morgan fingerprint density at radius 2 is 1.42 bits per heavy atom. The normalized spacial score (nSPS) is 11.8. The third-order valence-electron chi connectivity index (χ3n) is 6.16. The molecule has 0 saturated carbocycles. The number of furan rings is 1. The van der Waals surface area contributed by atoms with Gasteiger partial charge in [-0.05, 0) is 48.9 Å². The van der Waals surface area contributed by atoms with Crippen LogP contribution in [-0.4, -0.2) is 19.5 Å². The smallest absolute Gasteiger partial charge is 0.199 e. The van der Waals surface area contributed by atoms with E-state index in [9.17, 15) is 0 Å². The average Bonchev–Trinajstić information content (AvgIpc) is 3.42. The van der Waals surface area contributed by atoms with Crippen LogP contribution < -0.4 is 0 Å². The fraction of sp³-hybridized carbons (Fsp3) is 0.0357. The van der Waals surface area contributed by atoms with Crippen molar-refractivity contribution in [1.29, 1.82) is 0 Å². The monoisotopic (exact) mass is 426 g/mol. The maximum absolute atomic E-state index is 6.39. The van der Waals surface area contributed by atoms with Gasteiger partial charge in [0.1, 0.15) is 11.2 Å². The average molecular weight is 426 g/mol. The van der Waals surface area contributed by atoms with Crippen molar-refractivity contribution in [3.8, 4) is 17.1 Å². The second-order valence-electron chi connectivity index (χ2n) is 8.20. The summed E-state index contributed by atoms with van der Waals surface area (Å²) < 4.78 is 8.46. The molecule has 5 heteroatoms. The van der Waals surface area contributed by atoms with Gasteiger partial charge in [0.2, 0.25) is 0 Å². The summed E-state index contributed by atoms with van der Waals surface area (Å²) in [5.74, 6) is 0.760. The van der Waals surface area contributed by atoms with Crippen molar-refractivity contribution in [1.82, 2.24) is 19.5 Å². The summed E-state index contributed by atoms with van der Waals surface area (Å²) in [6.45, 7) is 2.12. The quantitative estimate of drug-likeness (QED) is 0.304. The van der Waals surface area contributed by atoms with Crippen LogP contribution in [0.4, 0.5) is 0 Å². The second kappa shape index (κ2) is 6.74. The minimum Gasteiger partial charge on any atom is -0.455 e. The van der Waals surface area contributed by atoms with Crippen molar-refractivity contribution < 1.29 is 4.42 Å². The van der Waals surface area contributed by atoms with Crippen LogP contribution in [0.15, 0.2) is 95.4 Å². The van der Waals surface area contributed by atoms with Gasteiger partial charge in [0.25, 0.3) is 0 Å². The number of fused-ring (bicyclic) bond motifs is 5. The van der Waals surface area contributed by atoms with Crippen molar-refractivity contribution in [2.45, 2.75) is 6.92 Å². The molecule has 0 aliphatic heterocycles. The summed E-state index contributed by atoms with van der Waals surface area (Å²) >= 11 is 0. The molecule has 3 heterocycles. The summed E-state index contributed by atoms with van der Waals surface area (Å²) in [5, 5.41) is 2.22. The largest absolute Gasteiger partial charge is 0.455 e. The standard InChI is InChI=1S/C28H18N4O/c1-17-15-16-20(25-24(17)19-11-5-8-14-23(19)33-25)27-31-26-28(32(27)18-9-3-2-4-10-18)30-22-13-7-6-12-21(22)29-26/h2-16H,1H3. The van der Waals surface area contributed by atoms with Gasteiger partial charge in [-0.2, -0.15) is 0 Å². The molecule has 0 aliphatic carbocycles. The molecule has 0 unspecified atom stereocenters. The number of aryl methyl sites for hydroxylation is 1. The first kappa shape index (κ1) is 18.1. The third kappa shape index (κ3) is 2.62. The lowest BCUT2D eigenvalue weighted by Crippen LogP contribution is -1.99. The Labute approximate surface area is 189 Å². The molecule has 7 aromatic rings. The van der Waals surface area contributed by atoms with E-state index in [0.717, 1.165) is 55.7 Å². The number of rotatable bonds is 2. The molecule has 0 N–H and O–H groups in total. The van der Waals surface area contributed by atoms with Gasteiger partial charge in [-0.1, -0.05) is 54.6 Å². The third-order valence-corrected chi connectivity index (χ3v) is 6.16. The number of aromatic nitrogens is 4. The molecule has 0 aliphatic rings. The van der Waals surface area contributed by atoms with E-state index < -0.39 is 0 Å². The van der Waals surface area contributed by atoms with E-state index in [2.05, 4.69) is 41.8 Å². The molecule has 3 aromatic heterocycles. The van der Waals surface area contributed by atoms with Gasteiger partial charge >= 0.3 is 0 Å². The molecule has 5 nitrogen and oxygen atoms in total. The van der Waals surface area contributed by atoms with Crippen LogP contribution in [0.5, 0.6) is 0 Å². The number of imidazole rings is 1. The van der Waals surface area contributed by atoms with Crippen LogP contribution in [0, 0.1) is 6.92 Å². The lowest BCUT2D eigenvalue weighted by atomic mass is 10.0. The minimum atomic E-state index is 0.609. The van der Waals surface area contributed by atoms with Gasteiger partial charge in [-0.25, -0.2) is 15.0 Å². The summed E-state index contributed by atoms with van der Waals surface area (Å²) in [6.07, 6.45) is 0. The van der Waals surface area contributed by atoms with E-state index in [0.29, 0.717) is 5.65 Å². The molecule has 0 amide bonds. The Morgan fingerprint density at radius 3 is 2.27 bits per heavy atom. The first-order chi connectivity index (χ1) is 16.3. The van der Waals surface area contributed by atoms with Gasteiger partial charge in [-0.3, -0.25) is 4.57 Å². The van der Waals surface area contributed by atoms with Crippen LogP contribution in [-0.2, 0) is 0 Å². The summed E-state index contributed by atoms with van der Waals surface area (Å²) in [7, 11) is 0. The number of benzene rings is 4.